The number of rotatable bonds is 4. The van der Waals surface area contributed by atoms with Crippen molar-refractivity contribution < 1.29 is 28.2 Å². The van der Waals surface area contributed by atoms with Gasteiger partial charge in [0.2, 0.25) is 5.91 Å². The van der Waals surface area contributed by atoms with Crippen LogP contribution in [0.1, 0.15) is 13.8 Å². The Labute approximate surface area is 188 Å². The summed E-state index contributed by atoms with van der Waals surface area (Å²) in [6.07, 6.45) is 2.52. The van der Waals surface area contributed by atoms with E-state index < -0.39 is 23.5 Å². The first-order chi connectivity index (χ1) is 15.8. The fourth-order valence-electron chi connectivity index (χ4n) is 3.90. The van der Waals surface area contributed by atoms with Crippen LogP contribution in [0.3, 0.4) is 0 Å². The summed E-state index contributed by atoms with van der Waals surface area (Å²) in [5.41, 5.74) is 2.38. The van der Waals surface area contributed by atoms with Crippen molar-refractivity contribution in [3.05, 3.63) is 60.4 Å². The van der Waals surface area contributed by atoms with Gasteiger partial charge in [0, 0.05) is 31.3 Å². The number of halogens is 2. The van der Waals surface area contributed by atoms with Gasteiger partial charge in [-0.05, 0) is 36.8 Å². The number of nitrogens with zero attached hydrogens (tertiary/aromatic N) is 4. The molecule has 4 rings (SSSR count). The van der Waals surface area contributed by atoms with Crippen molar-refractivity contribution in [2.45, 2.75) is 26.4 Å². The van der Waals surface area contributed by atoms with Crippen LogP contribution in [-0.2, 0) is 11.3 Å². The number of anilines is 2. The molecule has 2 heterocycles. The van der Waals surface area contributed by atoms with Gasteiger partial charge in [-0.15, -0.1) is 0 Å². The van der Waals surface area contributed by atoms with Crippen molar-refractivity contribution in [3.63, 3.8) is 0 Å². The topological polar surface area (TPSA) is 87.9 Å². The molecular formula is C23H22F2N4O4. The van der Waals surface area contributed by atoms with Crippen LogP contribution in [0.15, 0.2) is 48.8 Å². The molecule has 0 radical (unpaired) electrons. The van der Waals surface area contributed by atoms with Crippen LogP contribution in [0.2, 0.25) is 0 Å². The third kappa shape index (κ3) is 4.42. The second-order valence-corrected chi connectivity index (χ2v) is 7.71. The fraction of sp³-hybridized carbons (Fsp3) is 0.261. The number of fused-ring (bicyclic) bond motifs is 1. The molecule has 0 bridgehead atoms. The van der Waals surface area contributed by atoms with Gasteiger partial charge in [0.15, 0.2) is 11.6 Å². The highest BCUT2D eigenvalue weighted by molar-refractivity contribution is 6.03. The summed E-state index contributed by atoms with van der Waals surface area (Å²) >= 11 is 0. The number of amides is 2. The van der Waals surface area contributed by atoms with Crippen LogP contribution < -0.4 is 14.5 Å². The van der Waals surface area contributed by atoms with Crippen molar-refractivity contribution in [3.8, 4) is 16.9 Å². The molecule has 0 aliphatic carbocycles. The molecule has 1 atom stereocenters. The van der Waals surface area contributed by atoms with E-state index in [0.717, 1.165) is 23.3 Å². The molecule has 172 valence electrons. The highest BCUT2D eigenvalue weighted by Gasteiger charge is 2.35. The third-order valence-corrected chi connectivity index (χ3v) is 5.36. The van der Waals surface area contributed by atoms with Crippen LogP contribution in [0.25, 0.3) is 11.1 Å². The maximum absolute atomic E-state index is 14.1. The summed E-state index contributed by atoms with van der Waals surface area (Å²) in [4.78, 5) is 28.2. The SMILES string of the molecule is CC(=O)N1c2ccc(-c3cnn(CCO)c3)cc2N(C(=O)Oc2ccc(F)cc2F)C[C@@H]1C. The van der Waals surface area contributed by atoms with Crippen molar-refractivity contribution in [2.24, 2.45) is 0 Å². The molecule has 0 unspecified atom stereocenters. The number of carbonyl (C=O) groups excluding carboxylic acids is 2. The second-order valence-electron chi connectivity index (χ2n) is 7.71. The predicted octanol–water partition coefficient (Wildman–Crippen LogP) is 3.58. The van der Waals surface area contributed by atoms with Crippen LogP contribution in [-0.4, -0.2) is 46.1 Å². The van der Waals surface area contributed by atoms with Crippen molar-refractivity contribution in [2.75, 3.05) is 23.0 Å². The lowest BCUT2D eigenvalue weighted by Crippen LogP contribution is -2.52. The molecule has 2 aromatic carbocycles. The van der Waals surface area contributed by atoms with Crippen LogP contribution in [0, 0.1) is 11.6 Å². The Hall–Kier alpha value is -3.79. The molecule has 10 heteroatoms. The smallest absolute Gasteiger partial charge is 0.407 e. The molecule has 1 aliphatic rings. The van der Waals surface area contributed by atoms with Crippen molar-refractivity contribution >= 4 is 23.4 Å². The van der Waals surface area contributed by atoms with Gasteiger partial charge in [0.25, 0.3) is 0 Å². The monoisotopic (exact) mass is 456 g/mol. The summed E-state index contributed by atoms with van der Waals surface area (Å²) in [6, 6.07) is 7.57. The second kappa shape index (κ2) is 8.99. The highest BCUT2D eigenvalue weighted by atomic mass is 19.1. The van der Waals surface area contributed by atoms with Gasteiger partial charge in [-0.25, -0.2) is 13.6 Å². The number of benzene rings is 2. The predicted molar refractivity (Wildman–Crippen MR) is 117 cm³/mol. The third-order valence-electron chi connectivity index (χ3n) is 5.36. The molecule has 1 aliphatic heterocycles. The lowest BCUT2D eigenvalue weighted by molar-refractivity contribution is -0.117. The average molecular weight is 456 g/mol. The van der Waals surface area contributed by atoms with E-state index in [1.165, 1.54) is 11.8 Å². The molecule has 33 heavy (non-hydrogen) atoms. The molecule has 0 fully saturated rings. The van der Waals surface area contributed by atoms with Gasteiger partial charge in [-0.1, -0.05) is 6.07 Å². The standard InChI is InChI=1S/C23H22F2N4O4/c1-14-12-28(23(32)33-22-6-4-18(24)10-19(22)25)21-9-16(3-5-20(21)29(14)15(2)31)17-11-26-27(13-17)7-8-30/h3-6,9-11,13-14,30H,7-8,12H2,1-2H3/t14-/m0/s1. The van der Waals surface area contributed by atoms with Gasteiger partial charge in [0.05, 0.1) is 36.8 Å². The molecule has 8 nitrogen and oxygen atoms in total. The van der Waals surface area contributed by atoms with Crippen molar-refractivity contribution in [1.82, 2.24) is 9.78 Å². The minimum absolute atomic E-state index is 0.0592. The zero-order chi connectivity index (χ0) is 23.7. The van der Waals surface area contributed by atoms with Crippen LogP contribution >= 0.6 is 0 Å². The first kappa shape index (κ1) is 22.4. The lowest BCUT2D eigenvalue weighted by Gasteiger charge is -2.40. The minimum atomic E-state index is -0.996. The Kier molecular flexibility index (Phi) is 6.10. The molecule has 0 saturated carbocycles. The Balaban J connectivity index is 1.73. The molecule has 1 N–H and O–H groups in total. The molecule has 0 spiro atoms. The van der Waals surface area contributed by atoms with Gasteiger partial charge in [-0.2, -0.15) is 5.10 Å². The number of aliphatic hydroxyl groups excluding tert-OH is 1. The Morgan fingerprint density at radius 2 is 1.94 bits per heavy atom. The quantitative estimate of drug-likeness (QED) is 0.649. The minimum Gasteiger partial charge on any atom is -0.407 e. The van der Waals surface area contributed by atoms with E-state index in [9.17, 15) is 18.4 Å². The van der Waals surface area contributed by atoms with Gasteiger partial charge >= 0.3 is 6.09 Å². The van der Waals surface area contributed by atoms with E-state index >= 15 is 0 Å². The highest BCUT2D eigenvalue weighted by Crippen LogP contribution is 2.39. The van der Waals surface area contributed by atoms with Crippen LogP contribution in [0.4, 0.5) is 25.0 Å². The molecule has 2 amide bonds. The maximum atomic E-state index is 14.1. The van der Waals surface area contributed by atoms with Gasteiger partial charge < -0.3 is 14.7 Å². The molecule has 0 saturated heterocycles. The largest absolute Gasteiger partial charge is 0.419 e. The average Bonchev–Trinajstić information content (AvgIpc) is 3.23. The van der Waals surface area contributed by atoms with E-state index in [4.69, 9.17) is 9.84 Å². The number of aliphatic hydroxyl groups is 1. The summed E-state index contributed by atoms with van der Waals surface area (Å²) < 4.78 is 34.1. The summed E-state index contributed by atoms with van der Waals surface area (Å²) in [7, 11) is 0. The number of hydrogen-bond donors (Lipinski definition) is 1. The summed E-state index contributed by atoms with van der Waals surface area (Å²) in [5.74, 6) is -2.37. The van der Waals surface area contributed by atoms with Gasteiger partial charge in [-0.3, -0.25) is 14.4 Å². The van der Waals surface area contributed by atoms with Crippen molar-refractivity contribution in [1.29, 1.82) is 0 Å². The normalized spacial score (nSPS) is 15.4. The molecule has 1 aromatic heterocycles. The van der Waals surface area contributed by atoms with Gasteiger partial charge in [0.1, 0.15) is 5.82 Å². The number of ether oxygens (including phenoxy) is 1. The lowest BCUT2D eigenvalue weighted by atomic mass is 10.0. The zero-order valence-corrected chi connectivity index (χ0v) is 18.0. The molecular weight excluding hydrogens is 434 g/mol. The number of hydrogen-bond acceptors (Lipinski definition) is 5. The van der Waals surface area contributed by atoms with E-state index in [2.05, 4.69) is 5.10 Å². The summed E-state index contributed by atoms with van der Waals surface area (Å²) in [6.45, 7) is 3.62. The van der Waals surface area contributed by atoms with E-state index in [1.54, 1.807) is 47.1 Å². The van der Waals surface area contributed by atoms with Crippen LogP contribution in [0.5, 0.6) is 5.75 Å². The zero-order valence-electron chi connectivity index (χ0n) is 18.0. The molecule has 3 aromatic rings. The Bertz CT molecular complexity index is 1210. The first-order valence-corrected chi connectivity index (χ1v) is 10.3. The number of carbonyl (C=O) groups is 2. The Morgan fingerprint density at radius 3 is 2.64 bits per heavy atom. The number of aromatic nitrogens is 2. The van der Waals surface area contributed by atoms with E-state index in [1.807, 2.05) is 0 Å². The fourth-order valence-corrected chi connectivity index (χ4v) is 3.90. The maximum Gasteiger partial charge on any atom is 0.419 e. The first-order valence-electron chi connectivity index (χ1n) is 10.3. The van der Waals surface area contributed by atoms with E-state index in [-0.39, 0.29) is 25.1 Å². The summed E-state index contributed by atoms with van der Waals surface area (Å²) in [5, 5.41) is 13.3. The van der Waals surface area contributed by atoms with E-state index in [0.29, 0.717) is 24.0 Å². The Morgan fingerprint density at radius 1 is 1.15 bits per heavy atom.